The van der Waals surface area contributed by atoms with E-state index in [4.69, 9.17) is 0 Å². The van der Waals surface area contributed by atoms with E-state index in [-0.39, 0.29) is 24.8 Å². The van der Waals surface area contributed by atoms with Crippen LogP contribution in [0.3, 0.4) is 0 Å². The van der Waals surface area contributed by atoms with Crippen LogP contribution in [0, 0.1) is 5.92 Å². The van der Waals surface area contributed by atoms with Gasteiger partial charge in [-0.05, 0) is 12.0 Å². The van der Waals surface area contributed by atoms with E-state index in [1.807, 2.05) is 37.3 Å². The number of rotatable bonds is 6. The minimum absolute atomic E-state index is 0.138. The summed E-state index contributed by atoms with van der Waals surface area (Å²) in [5.74, 6) is -1.56. The van der Waals surface area contributed by atoms with Gasteiger partial charge in [-0.1, -0.05) is 37.3 Å². The lowest BCUT2D eigenvalue weighted by Crippen LogP contribution is -2.38. The lowest BCUT2D eigenvalue weighted by atomic mass is 9.96. The smallest absolute Gasteiger partial charge is 0.355 e. The summed E-state index contributed by atoms with van der Waals surface area (Å²) in [6.07, 6.45) is -3.78. The van der Waals surface area contributed by atoms with E-state index < -0.39 is 24.5 Å². The van der Waals surface area contributed by atoms with Crippen LogP contribution in [0.25, 0.3) is 0 Å². The Hall–Kier alpha value is -2.05. The number of nitrogens with zero attached hydrogens (tertiary/aromatic N) is 1. The van der Waals surface area contributed by atoms with Crippen molar-refractivity contribution in [3.05, 3.63) is 35.9 Å². The van der Waals surface area contributed by atoms with E-state index >= 15 is 0 Å². The summed E-state index contributed by atoms with van der Waals surface area (Å²) in [7, 11) is 0. The zero-order valence-electron chi connectivity index (χ0n) is 13.5. The van der Waals surface area contributed by atoms with Crippen molar-refractivity contribution in [3.8, 4) is 0 Å². The molecule has 0 radical (unpaired) electrons. The molecule has 0 saturated carbocycles. The molecule has 0 aliphatic carbocycles. The summed E-state index contributed by atoms with van der Waals surface area (Å²) < 4.78 is 37.2. The molecule has 1 fully saturated rings. The largest absolute Gasteiger partial charge is 0.406 e. The Morgan fingerprint density at radius 1 is 1.33 bits per heavy atom. The van der Waals surface area contributed by atoms with Crippen LogP contribution in [-0.2, 0) is 9.59 Å². The van der Waals surface area contributed by atoms with Crippen LogP contribution in [0.15, 0.2) is 30.3 Å². The van der Waals surface area contributed by atoms with Crippen LogP contribution in [0.2, 0.25) is 0 Å². The van der Waals surface area contributed by atoms with Gasteiger partial charge in [-0.25, -0.2) is 0 Å². The topological polar surface area (TPSA) is 49.4 Å². The number of hydrogen-bond donors (Lipinski definition) is 1. The Bertz CT molecular complexity index is 575. The van der Waals surface area contributed by atoms with Crippen molar-refractivity contribution < 1.29 is 22.8 Å². The fraction of sp³-hybridized carbons (Fsp3) is 0.529. The number of halogens is 3. The van der Waals surface area contributed by atoms with E-state index in [1.54, 1.807) is 0 Å². The highest BCUT2D eigenvalue weighted by Crippen LogP contribution is 2.24. The maximum atomic E-state index is 12.4. The SMILES string of the molecule is CC[C@@H](CNC(=O)[C@@H]1CC(=O)N(CC(F)(F)F)C1)c1ccccc1. The molecule has 7 heteroatoms. The summed E-state index contributed by atoms with van der Waals surface area (Å²) in [6.45, 7) is 0.945. The second-order valence-corrected chi connectivity index (χ2v) is 6.05. The molecule has 1 aromatic rings. The molecule has 1 aliphatic rings. The standard InChI is InChI=1S/C17H21F3N2O2/c1-2-12(13-6-4-3-5-7-13)9-21-16(24)14-8-15(23)22(10-14)11-17(18,19)20/h3-7,12,14H,2,8-11H2,1H3,(H,21,24)/t12-,14+/m0/s1. The highest BCUT2D eigenvalue weighted by molar-refractivity contribution is 5.89. The van der Waals surface area contributed by atoms with E-state index in [1.165, 1.54) is 0 Å². The van der Waals surface area contributed by atoms with Gasteiger partial charge in [0.2, 0.25) is 11.8 Å². The molecule has 1 aromatic carbocycles. The number of carbonyl (C=O) groups is 2. The second-order valence-electron chi connectivity index (χ2n) is 6.05. The molecule has 0 aromatic heterocycles. The number of benzene rings is 1. The first kappa shape index (κ1) is 18.3. The van der Waals surface area contributed by atoms with E-state index in [2.05, 4.69) is 5.32 Å². The van der Waals surface area contributed by atoms with Crippen molar-refractivity contribution in [2.24, 2.45) is 5.92 Å². The van der Waals surface area contributed by atoms with E-state index in [0.29, 0.717) is 11.4 Å². The average molecular weight is 342 g/mol. The third kappa shape index (κ3) is 4.97. The van der Waals surface area contributed by atoms with Gasteiger partial charge < -0.3 is 10.2 Å². The van der Waals surface area contributed by atoms with Gasteiger partial charge in [0.05, 0.1) is 5.92 Å². The molecule has 132 valence electrons. The zero-order valence-corrected chi connectivity index (χ0v) is 13.5. The zero-order chi connectivity index (χ0) is 17.7. The monoisotopic (exact) mass is 342 g/mol. The summed E-state index contributed by atoms with van der Waals surface area (Å²) in [4.78, 5) is 24.5. The van der Waals surface area contributed by atoms with Crippen LogP contribution < -0.4 is 5.32 Å². The highest BCUT2D eigenvalue weighted by Gasteiger charge is 2.40. The molecule has 0 spiro atoms. The Morgan fingerprint density at radius 2 is 2.00 bits per heavy atom. The first-order valence-corrected chi connectivity index (χ1v) is 7.97. The Kier molecular flexibility index (Phi) is 5.85. The van der Waals surface area contributed by atoms with Crippen LogP contribution in [-0.4, -0.2) is 42.5 Å². The molecule has 24 heavy (non-hydrogen) atoms. The van der Waals surface area contributed by atoms with Crippen molar-refractivity contribution in [1.82, 2.24) is 10.2 Å². The molecule has 1 saturated heterocycles. The lowest BCUT2D eigenvalue weighted by molar-refractivity contribution is -0.157. The third-order valence-electron chi connectivity index (χ3n) is 4.24. The maximum absolute atomic E-state index is 12.4. The fourth-order valence-electron chi connectivity index (χ4n) is 2.91. The van der Waals surface area contributed by atoms with Gasteiger partial charge in [0.1, 0.15) is 6.54 Å². The van der Waals surface area contributed by atoms with Crippen molar-refractivity contribution in [3.63, 3.8) is 0 Å². The van der Waals surface area contributed by atoms with Gasteiger partial charge >= 0.3 is 6.18 Å². The van der Waals surface area contributed by atoms with Gasteiger partial charge in [0, 0.05) is 25.4 Å². The molecule has 2 rings (SSSR count). The molecular formula is C17H21F3N2O2. The summed E-state index contributed by atoms with van der Waals surface area (Å²) in [6, 6.07) is 9.71. The molecule has 1 aliphatic heterocycles. The number of amides is 2. The van der Waals surface area contributed by atoms with Crippen LogP contribution in [0.1, 0.15) is 31.2 Å². The molecule has 0 unspecified atom stereocenters. The van der Waals surface area contributed by atoms with Crippen LogP contribution in [0.5, 0.6) is 0 Å². The van der Waals surface area contributed by atoms with Crippen molar-refractivity contribution in [1.29, 1.82) is 0 Å². The van der Waals surface area contributed by atoms with E-state index in [9.17, 15) is 22.8 Å². The number of alkyl halides is 3. The number of hydrogen-bond acceptors (Lipinski definition) is 2. The maximum Gasteiger partial charge on any atom is 0.406 e. The van der Waals surface area contributed by atoms with Gasteiger partial charge in [0.15, 0.2) is 0 Å². The first-order valence-electron chi connectivity index (χ1n) is 7.97. The Labute approximate surface area is 139 Å². The van der Waals surface area contributed by atoms with Crippen molar-refractivity contribution >= 4 is 11.8 Å². The molecule has 0 bridgehead atoms. The van der Waals surface area contributed by atoms with Crippen molar-refractivity contribution in [2.75, 3.05) is 19.6 Å². The predicted octanol–water partition coefficient (Wildman–Crippen LogP) is 2.71. The first-order chi connectivity index (χ1) is 11.3. The molecule has 4 nitrogen and oxygen atoms in total. The second kappa shape index (κ2) is 7.68. The number of likely N-dealkylation sites (tertiary alicyclic amines) is 1. The molecule has 1 N–H and O–H groups in total. The minimum Gasteiger partial charge on any atom is -0.355 e. The predicted molar refractivity (Wildman–Crippen MR) is 83.2 cm³/mol. The lowest BCUT2D eigenvalue weighted by Gasteiger charge is -2.19. The van der Waals surface area contributed by atoms with Gasteiger partial charge in [-0.15, -0.1) is 0 Å². The van der Waals surface area contributed by atoms with Gasteiger partial charge in [-0.3, -0.25) is 9.59 Å². The molecule has 2 atom stereocenters. The van der Waals surface area contributed by atoms with Gasteiger partial charge in [-0.2, -0.15) is 13.2 Å². The fourth-order valence-corrected chi connectivity index (χ4v) is 2.91. The molecule has 2 amide bonds. The normalized spacial score (nSPS) is 19.4. The summed E-state index contributed by atoms with van der Waals surface area (Å²) in [5, 5.41) is 2.78. The third-order valence-corrected chi connectivity index (χ3v) is 4.24. The van der Waals surface area contributed by atoms with Gasteiger partial charge in [0.25, 0.3) is 0 Å². The number of nitrogens with one attached hydrogen (secondary N) is 1. The average Bonchev–Trinajstić information content (AvgIpc) is 2.88. The Balaban J connectivity index is 1.88. The van der Waals surface area contributed by atoms with Crippen LogP contribution >= 0.6 is 0 Å². The molecular weight excluding hydrogens is 321 g/mol. The van der Waals surface area contributed by atoms with Crippen molar-refractivity contribution in [2.45, 2.75) is 31.9 Å². The number of carbonyl (C=O) groups excluding carboxylic acids is 2. The van der Waals surface area contributed by atoms with E-state index in [0.717, 1.165) is 12.0 Å². The molecule has 1 heterocycles. The van der Waals surface area contributed by atoms with Crippen LogP contribution in [0.4, 0.5) is 13.2 Å². The Morgan fingerprint density at radius 3 is 2.58 bits per heavy atom. The summed E-state index contributed by atoms with van der Waals surface area (Å²) in [5.41, 5.74) is 1.10. The minimum atomic E-state index is -4.44. The highest BCUT2D eigenvalue weighted by atomic mass is 19.4. The summed E-state index contributed by atoms with van der Waals surface area (Å²) >= 11 is 0. The quantitative estimate of drug-likeness (QED) is 0.864.